The van der Waals surface area contributed by atoms with E-state index in [1.54, 1.807) is 12.1 Å². The van der Waals surface area contributed by atoms with E-state index in [4.69, 9.17) is 9.84 Å². The predicted octanol–water partition coefficient (Wildman–Crippen LogP) is 1.11. The van der Waals surface area contributed by atoms with Crippen LogP contribution in [0.15, 0.2) is 29.2 Å². The summed E-state index contributed by atoms with van der Waals surface area (Å²) >= 11 is 4.21. The van der Waals surface area contributed by atoms with Crippen LogP contribution in [0.5, 0.6) is 0 Å². The van der Waals surface area contributed by atoms with E-state index < -0.39 is 0 Å². The van der Waals surface area contributed by atoms with E-state index in [0.717, 1.165) is 0 Å². The Morgan fingerprint density at radius 1 is 1.35 bits per heavy atom. The monoisotopic (exact) mass is 256 g/mol. The fourth-order valence-corrected chi connectivity index (χ4v) is 1.37. The van der Waals surface area contributed by atoms with Crippen molar-refractivity contribution in [3.63, 3.8) is 0 Å². The van der Waals surface area contributed by atoms with Gasteiger partial charge < -0.3 is 20.5 Å². The van der Waals surface area contributed by atoms with Crippen LogP contribution >= 0.6 is 12.6 Å². The third-order valence-corrected chi connectivity index (χ3v) is 2.31. The second kappa shape index (κ2) is 7.94. The Balaban J connectivity index is 2.23. The maximum Gasteiger partial charge on any atom is 0.319 e. The Morgan fingerprint density at radius 3 is 2.82 bits per heavy atom. The van der Waals surface area contributed by atoms with Gasteiger partial charge in [-0.2, -0.15) is 0 Å². The number of nitrogens with one attached hydrogen (secondary N) is 2. The van der Waals surface area contributed by atoms with Crippen molar-refractivity contribution in [3.05, 3.63) is 24.3 Å². The van der Waals surface area contributed by atoms with Gasteiger partial charge in [0.05, 0.1) is 25.5 Å². The van der Waals surface area contributed by atoms with E-state index in [1.807, 2.05) is 12.1 Å². The number of thiol groups is 1. The van der Waals surface area contributed by atoms with Crippen LogP contribution in [-0.4, -0.2) is 37.5 Å². The normalized spacial score (nSPS) is 10.0. The predicted molar refractivity (Wildman–Crippen MR) is 68.6 cm³/mol. The molecule has 0 spiro atoms. The highest BCUT2D eigenvalue weighted by molar-refractivity contribution is 7.80. The third kappa shape index (κ3) is 5.58. The first-order valence-corrected chi connectivity index (χ1v) is 5.70. The topological polar surface area (TPSA) is 70.6 Å². The molecule has 0 aromatic heterocycles. The molecular weight excluding hydrogens is 240 g/mol. The van der Waals surface area contributed by atoms with Gasteiger partial charge >= 0.3 is 6.03 Å². The van der Waals surface area contributed by atoms with Crippen molar-refractivity contribution in [2.24, 2.45) is 0 Å². The molecule has 0 radical (unpaired) electrons. The summed E-state index contributed by atoms with van der Waals surface area (Å²) in [5.41, 5.74) is 0.657. The Kier molecular flexibility index (Phi) is 6.46. The maximum atomic E-state index is 11.4. The molecule has 1 rings (SSSR count). The molecule has 0 aliphatic carbocycles. The summed E-state index contributed by atoms with van der Waals surface area (Å²) in [4.78, 5) is 12.1. The lowest BCUT2D eigenvalue weighted by atomic mass is 10.3. The molecule has 0 atom stereocenters. The van der Waals surface area contributed by atoms with E-state index in [2.05, 4.69) is 23.3 Å². The lowest BCUT2D eigenvalue weighted by Gasteiger charge is -2.09. The van der Waals surface area contributed by atoms with E-state index in [1.165, 1.54) is 0 Å². The number of rotatable bonds is 6. The number of hydrogen-bond donors (Lipinski definition) is 4. The lowest BCUT2D eigenvalue weighted by Crippen LogP contribution is -2.31. The van der Waals surface area contributed by atoms with E-state index >= 15 is 0 Å². The average Bonchev–Trinajstić information content (AvgIpc) is 2.32. The maximum absolute atomic E-state index is 11.4. The number of urea groups is 1. The fraction of sp³-hybridized carbons (Fsp3) is 0.364. The highest BCUT2D eigenvalue weighted by Crippen LogP contribution is 2.17. The van der Waals surface area contributed by atoms with Crippen molar-refractivity contribution in [2.75, 3.05) is 31.7 Å². The minimum Gasteiger partial charge on any atom is -0.394 e. The molecule has 0 aliphatic rings. The number of ether oxygens (including phenoxy) is 1. The largest absolute Gasteiger partial charge is 0.394 e. The number of benzene rings is 1. The standard InChI is InChI=1S/C11H16N2O3S/c14-6-8-16-7-5-12-11(15)13-9-3-1-2-4-10(9)17/h1-4,14,17H,5-8H2,(H2,12,13,15). The summed E-state index contributed by atoms with van der Waals surface area (Å²) in [7, 11) is 0. The molecular formula is C11H16N2O3S. The van der Waals surface area contributed by atoms with Crippen LogP contribution < -0.4 is 10.6 Å². The van der Waals surface area contributed by atoms with E-state index in [0.29, 0.717) is 23.7 Å². The number of carbonyl (C=O) groups is 1. The van der Waals surface area contributed by atoms with Gasteiger partial charge in [0.15, 0.2) is 0 Å². The van der Waals surface area contributed by atoms with Gasteiger partial charge in [-0.3, -0.25) is 0 Å². The Bertz CT molecular complexity index is 360. The summed E-state index contributed by atoms with van der Waals surface area (Å²) in [5.74, 6) is 0. The minimum absolute atomic E-state index is 0.0147. The van der Waals surface area contributed by atoms with Crippen molar-refractivity contribution in [2.45, 2.75) is 4.90 Å². The smallest absolute Gasteiger partial charge is 0.319 e. The van der Waals surface area contributed by atoms with E-state index in [-0.39, 0.29) is 19.2 Å². The summed E-state index contributed by atoms with van der Waals surface area (Å²) in [5, 5.41) is 13.8. The zero-order chi connectivity index (χ0) is 12.5. The first kappa shape index (κ1) is 13.8. The minimum atomic E-state index is -0.306. The Labute approximate surface area is 106 Å². The van der Waals surface area contributed by atoms with Crippen molar-refractivity contribution in [3.8, 4) is 0 Å². The van der Waals surface area contributed by atoms with Crippen LogP contribution in [0.1, 0.15) is 0 Å². The first-order chi connectivity index (χ1) is 8.24. The summed E-state index contributed by atoms with van der Waals surface area (Å²) in [6, 6.07) is 6.92. The van der Waals surface area contributed by atoms with Gasteiger partial charge in [0.1, 0.15) is 0 Å². The highest BCUT2D eigenvalue weighted by atomic mass is 32.1. The summed E-state index contributed by atoms with van der Waals surface area (Å²) < 4.78 is 5.00. The second-order valence-corrected chi connectivity index (χ2v) is 3.72. The highest BCUT2D eigenvalue weighted by Gasteiger charge is 2.02. The van der Waals surface area contributed by atoms with Gasteiger partial charge in [-0.15, -0.1) is 12.6 Å². The van der Waals surface area contributed by atoms with Crippen molar-refractivity contribution in [1.82, 2.24) is 5.32 Å². The van der Waals surface area contributed by atoms with Gasteiger partial charge in [0.2, 0.25) is 0 Å². The number of hydrogen-bond acceptors (Lipinski definition) is 4. The van der Waals surface area contributed by atoms with Crippen molar-refractivity contribution >= 4 is 24.3 Å². The van der Waals surface area contributed by atoms with Crippen LogP contribution in [0.3, 0.4) is 0 Å². The van der Waals surface area contributed by atoms with Crippen LogP contribution in [0.2, 0.25) is 0 Å². The van der Waals surface area contributed by atoms with Gasteiger partial charge in [-0.1, -0.05) is 12.1 Å². The zero-order valence-corrected chi connectivity index (χ0v) is 10.2. The van der Waals surface area contributed by atoms with Crippen LogP contribution in [-0.2, 0) is 4.74 Å². The summed E-state index contributed by atoms with van der Waals surface area (Å²) in [6.45, 7) is 1.03. The molecule has 94 valence electrons. The first-order valence-electron chi connectivity index (χ1n) is 5.25. The molecule has 1 aromatic carbocycles. The number of para-hydroxylation sites is 1. The second-order valence-electron chi connectivity index (χ2n) is 3.23. The molecule has 0 bridgehead atoms. The number of amides is 2. The Hall–Kier alpha value is -1.24. The molecule has 0 heterocycles. The molecule has 0 fully saturated rings. The third-order valence-electron chi connectivity index (χ3n) is 1.92. The summed E-state index contributed by atoms with van der Waals surface area (Å²) in [6.07, 6.45) is 0. The number of carbonyl (C=O) groups excluding carboxylic acids is 1. The van der Waals surface area contributed by atoms with Crippen molar-refractivity contribution < 1.29 is 14.6 Å². The van der Waals surface area contributed by atoms with Gasteiger partial charge in [-0.05, 0) is 12.1 Å². The lowest BCUT2D eigenvalue weighted by molar-refractivity contribution is 0.0950. The van der Waals surface area contributed by atoms with Gasteiger partial charge in [-0.25, -0.2) is 4.79 Å². The molecule has 0 saturated carbocycles. The zero-order valence-electron chi connectivity index (χ0n) is 9.35. The molecule has 3 N–H and O–H groups in total. The van der Waals surface area contributed by atoms with Crippen LogP contribution in [0.25, 0.3) is 0 Å². The fourth-order valence-electron chi connectivity index (χ4n) is 1.15. The molecule has 0 unspecified atom stereocenters. The molecule has 1 aromatic rings. The van der Waals surface area contributed by atoms with Crippen LogP contribution in [0.4, 0.5) is 10.5 Å². The SMILES string of the molecule is O=C(NCCOCCO)Nc1ccccc1S. The molecule has 0 aliphatic heterocycles. The molecule has 2 amide bonds. The Morgan fingerprint density at radius 2 is 2.12 bits per heavy atom. The molecule has 17 heavy (non-hydrogen) atoms. The van der Waals surface area contributed by atoms with Gasteiger partial charge in [0.25, 0.3) is 0 Å². The molecule has 0 saturated heterocycles. The van der Waals surface area contributed by atoms with E-state index in [9.17, 15) is 4.79 Å². The quantitative estimate of drug-likeness (QED) is 0.455. The number of anilines is 1. The van der Waals surface area contributed by atoms with Crippen molar-refractivity contribution in [1.29, 1.82) is 0 Å². The molecule has 5 nitrogen and oxygen atoms in total. The molecule has 6 heteroatoms. The van der Waals surface area contributed by atoms with Crippen LogP contribution in [0, 0.1) is 0 Å². The average molecular weight is 256 g/mol. The number of aliphatic hydroxyl groups is 1. The number of aliphatic hydroxyl groups excluding tert-OH is 1. The van der Waals surface area contributed by atoms with Gasteiger partial charge in [0, 0.05) is 11.4 Å².